The van der Waals surface area contributed by atoms with Crippen molar-refractivity contribution in [2.45, 2.75) is 45.3 Å². The highest BCUT2D eigenvalue weighted by Crippen LogP contribution is 2.46. The van der Waals surface area contributed by atoms with Gasteiger partial charge in [0.05, 0.1) is 4.75 Å². The molecule has 0 amide bonds. The van der Waals surface area contributed by atoms with E-state index in [0.717, 1.165) is 12.8 Å². The lowest BCUT2D eigenvalue weighted by molar-refractivity contribution is 0.782. The lowest BCUT2D eigenvalue weighted by Crippen LogP contribution is -2.25. The largest absolute Gasteiger partial charge is 0.158 e. The van der Waals surface area contributed by atoms with Gasteiger partial charge in [-0.05, 0) is 53.5 Å². The summed E-state index contributed by atoms with van der Waals surface area (Å²) in [6.45, 7) is 12.3. The molecule has 1 heteroatoms. The average Bonchev–Trinajstić information content (AvgIpc) is 2.75. The van der Waals surface area contributed by atoms with Crippen LogP contribution in [-0.2, 0) is 11.2 Å². The van der Waals surface area contributed by atoms with Crippen molar-refractivity contribution in [1.82, 2.24) is 0 Å². The Morgan fingerprint density at radius 1 is 1.11 bits per heavy atom. The number of thiol groups is 1. The van der Waals surface area contributed by atoms with Crippen molar-refractivity contribution >= 4 is 12.6 Å². The van der Waals surface area contributed by atoms with Gasteiger partial charge in [0.1, 0.15) is 0 Å². The fraction of sp³-hybridized carbons (Fsp3) is 0.308. The Hall–Kier alpha value is -1.99. The van der Waals surface area contributed by atoms with Crippen LogP contribution in [0.1, 0.15) is 49.4 Å². The number of aryl methyl sites for hydroxylation is 2. The highest BCUT2D eigenvalue weighted by Gasteiger charge is 2.35. The van der Waals surface area contributed by atoms with E-state index >= 15 is 0 Å². The van der Waals surface area contributed by atoms with Gasteiger partial charge in [-0.3, -0.25) is 0 Å². The fourth-order valence-electron chi connectivity index (χ4n) is 3.52. The second kappa shape index (κ2) is 9.80. The molecule has 2 atom stereocenters. The Bertz CT molecular complexity index is 810. The maximum absolute atomic E-state index is 5.29. The van der Waals surface area contributed by atoms with E-state index in [2.05, 4.69) is 87.2 Å². The first kappa shape index (κ1) is 21.3. The average molecular weight is 377 g/mol. The van der Waals surface area contributed by atoms with Crippen LogP contribution in [0.25, 0.3) is 0 Å². The predicted molar refractivity (Wildman–Crippen MR) is 124 cm³/mol. The predicted octanol–water partition coefficient (Wildman–Crippen LogP) is 7.45. The molecule has 2 aromatic rings. The van der Waals surface area contributed by atoms with E-state index in [1.54, 1.807) is 0 Å². The molecule has 2 unspecified atom stereocenters. The van der Waals surface area contributed by atoms with Gasteiger partial charge in [-0.25, -0.2) is 0 Å². The topological polar surface area (TPSA) is 0 Å². The van der Waals surface area contributed by atoms with Crippen LogP contribution in [0.15, 0.2) is 85.0 Å². The van der Waals surface area contributed by atoms with Gasteiger partial charge in [0, 0.05) is 0 Å². The van der Waals surface area contributed by atoms with E-state index < -0.39 is 4.75 Å². The Labute approximate surface area is 171 Å². The van der Waals surface area contributed by atoms with Gasteiger partial charge < -0.3 is 0 Å². The monoisotopic (exact) mass is 376 g/mol. The van der Waals surface area contributed by atoms with E-state index in [9.17, 15) is 0 Å². The van der Waals surface area contributed by atoms with Crippen LogP contribution in [0, 0.1) is 12.8 Å². The molecule has 0 N–H and O–H groups in total. The molecule has 1 aliphatic rings. The second-order valence-corrected chi connectivity index (χ2v) is 7.40. The zero-order valence-electron chi connectivity index (χ0n) is 17.1. The molecule has 3 rings (SSSR count). The van der Waals surface area contributed by atoms with Crippen LogP contribution in [0.5, 0.6) is 0 Å². The summed E-state index contributed by atoms with van der Waals surface area (Å²) >= 11 is 5.29. The number of rotatable bonds is 5. The SMILES string of the molecule is C=CC1C=CC(C(S)(c2ccc(CC)cc2)c2ccccc2C)=CC1.CC. The number of hydrogen-bond donors (Lipinski definition) is 1. The zero-order chi connectivity index (χ0) is 19.9. The highest BCUT2D eigenvalue weighted by molar-refractivity contribution is 7.81. The summed E-state index contributed by atoms with van der Waals surface area (Å²) in [6.07, 6.45) is 10.8. The third kappa shape index (κ3) is 4.47. The molecule has 27 heavy (non-hydrogen) atoms. The minimum absolute atomic E-state index is 0.417. The fourth-order valence-corrected chi connectivity index (χ4v) is 4.08. The Morgan fingerprint density at radius 3 is 2.30 bits per heavy atom. The van der Waals surface area contributed by atoms with E-state index in [1.165, 1.54) is 27.8 Å². The second-order valence-electron chi connectivity index (χ2n) is 6.73. The van der Waals surface area contributed by atoms with Crippen LogP contribution in [0.2, 0.25) is 0 Å². The van der Waals surface area contributed by atoms with Gasteiger partial charge in [0.15, 0.2) is 0 Å². The summed E-state index contributed by atoms with van der Waals surface area (Å²) in [4.78, 5) is 0. The van der Waals surface area contributed by atoms with E-state index in [4.69, 9.17) is 12.6 Å². The van der Waals surface area contributed by atoms with Crippen molar-refractivity contribution in [1.29, 1.82) is 0 Å². The normalized spacial score (nSPS) is 18.0. The van der Waals surface area contributed by atoms with E-state index in [0.29, 0.717) is 5.92 Å². The molecule has 0 spiro atoms. The van der Waals surface area contributed by atoms with Gasteiger partial charge in [-0.2, -0.15) is 12.6 Å². The van der Waals surface area contributed by atoms with Crippen LogP contribution >= 0.6 is 12.6 Å². The first-order valence-corrected chi connectivity index (χ1v) is 10.4. The molecule has 0 bridgehead atoms. The summed E-state index contributed by atoms with van der Waals surface area (Å²) in [5, 5.41) is 0. The standard InChI is InChI=1S/C24H26S.C2H6/c1-4-19-10-14-21(15-11-19)24(25,23-9-7-6-8-18(23)3)22-16-12-20(5-2)13-17-22;1-2/h4,6-10,12-17,19,25H,1,5,11H2,2-3H3;1-2H3. The smallest absolute Gasteiger partial charge is 0.0877 e. The Kier molecular flexibility index (Phi) is 7.74. The first-order chi connectivity index (χ1) is 13.1. The molecule has 0 saturated heterocycles. The number of allylic oxidation sites excluding steroid dienone is 4. The maximum atomic E-state index is 5.29. The number of benzene rings is 2. The summed E-state index contributed by atoms with van der Waals surface area (Å²) in [7, 11) is 0. The van der Waals surface area contributed by atoms with Crippen molar-refractivity contribution in [3.63, 3.8) is 0 Å². The van der Waals surface area contributed by atoms with Crippen molar-refractivity contribution in [3.8, 4) is 0 Å². The molecule has 0 heterocycles. The van der Waals surface area contributed by atoms with Gasteiger partial charge in [0.25, 0.3) is 0 Å². The van der Waals surface area contributed by atoms with Crippen molar-refractivity contribution in [2.24, 2.45) is 5.92 Å². The number of hydrogen-bond acceptors (Lipinski definition) is 1. The first-order valence-electron chi connectivity index (χ1n) is 9.99. The molecule has 0 aliphatic heterocycles. The lowest BCUT2D eigenvalue weighted by Gasteiger charge is -2.34. The van der Waals surface area contributed by atoms with Crippen LogP contribution in [-0.4, -0.2) is 0 Å². The zero-order valence-corrected chi connectivity index (χ0v) is 18.0. The summed E-state index contributed by atoms with van der Waals surface area (Å²) in [5.74, 6) is 0.417. The van der Waals surface area contributed by atoms with Gasteiger partial charge in [-0.15, -0.1) is 6.58 Å². The Balaban J connectivity index is 0.00000126. The molecule has 0 fully saturated rings. The summed E-state index contributed by atoms with van der Waals surface area (Å²) in [5.41, 5.74) is 6.32. The van der Waals surface area contributed by atoms with Crippen molar-refractivity contribution < 1.29 is 0 Å². The van der Waals surface area contributed by atoms with Crippen molar-refractivity contribution in [3.05, 3.63) is 107 Å². The van der Waals surface area contributed by atoms with E-state index in [1.807, 2.05) is 19.9 Å². The minimum Gasteiger partial charge on any atom is -0.158 e. The van der Waals surface area contributed by atoms with Crippen molar-refractivity contribution in [2.75, 3.05) is 0 Å². The molecule has 2 aromatic carbocycles. The molecular formula is C26H32S. The summed E-state index contributed by atoms with van der Waals surface area (Å²) in [6, 6.07) is 17.5. The molecular weight excluding hydrogens is 344 g/mol. The molecule has 0 aromatic heterocycles. The molecule has 0 saturated carbocycles. The third-order valence-corrected chi connectivity index (χ3v) is 5.93. The van der Waals surface area contributed by atoms with Crippen LogP contribution < -0.4 is 0 Å². The molecule has 0 nitrogen and oxygen atoms in total. The lowest BCUT2D eigenvalue weighted by atomic mass is 9.78. The highest BCUT2D eigenvalue weighted by atomic mass is 32.1. The Morgan fingerprint density at radius 2 is 1.78 bits per heavy atom. The maximum Gasteiger partial charge on any atom is 0.0877 e. The van der Waals surface area contributed by atoms with Crippen LogP contribution in [0.4, 0.5) is 0 Å². The quantitative estimate of drug-likeness (QED) is 0.406. The third-order valence-electron chi connectivity index (χ3n) is 5.17. The van der Waals surface area contributed by atoms with Gasteiger partial charge >= 0.3 is 0 Å². The molecule has 0 radical (unpaired) electrons. The van der Waals surface area contributed by atoms with E-state index in [-0.39, 0.29) is 0 Å². The molecule has 142 valence electrons. The van der Waals surface area contributed by atoms with Crippen LogP contribution in [0.3, 0.4) is 0 Å². The minimum atomic E-state index is -0.444. The summed E-state index contributed by atoms with van der Waals surface area (Å²) < 4.78 is -0.444. The van der Waals surface area contributed by atoms with Gasteiger partial charge in [-0.1, -0.05) is 93.6 Å². The van der Waals surface area contributed by atoms with Gasteiger partial charge in [0.2, 0.25) is 0 Å². The molecule has 1 aliphatic carbocycles.